The van der Waals surface area contributed by atoms with E-state index in [0.29, 0.717) is 5.92 Å². The number of hydrogen-bond donors (Lipinski definition) is 1. The van der Waals surface area contributed by atoms with Gasteiger partial charge in [0.15, 0.2) is 0 Å². The molecule has 0 amide bonds. The molecule has 0 saturated heterocycles. The molecular weight excluding hydrogens is 584 g/mol. The molecule has 1 aromatic heterocycles. The average molecular weight is 648 g/mol. The molecule has 1 aromatic rings. The Bertz CT molecular complexity index is 534. The van der Waals surface area contributed by atoms with Crippen LogP contribution in [0.4, 0.5) is 0 Å². The summed E-state index contributed by atoms with van der Waals surface area (Å²) in [6.07, 6.45) is 42.6. The molecule has 0 radical (unpaired) electrons. The van der Waals surface area contributed by atoms with E-state index in [-0.39, 0.29) is 0 Å². The van der Waals surface area contributed by atoms with Crippen molar-refractivity contribution in [3.05, 3.63) is 18.2 Å². The van der Waals surface area contributed by atoms with Crippen LogP contribution in [0.5, 0.6) is 0 Å². The van der Waals surface area contributed by atoms with Gasteiger partial charge in [0.05, 0.1) is 5.92 Å². The van der Waals surface area contributed by atoms with Crippen LogP contribution >= 0.6 is 31.9 Å². The van der Waals surface area contributed by atoms with E-state index in [1.54, 1.807) is 0 Å². The van der Waals surface area contributed by atoms with E-state index in [0.717, 1.165) is 0 Å². The second kappa shape index (κ2) is 29.2. The minimum Gasteiger partial charge on any atom is -0.247 e. The summed E-state index contributed by atoms with van der Waals surface area (Å²) < 4.78 is 0. The van der Waals surface area contributed by atoms with E-state index in [4.69, 9.17) is 0 Å². The molecule has 0 saturated carbocycles. The minimum atomic E-state index is 0.702. The summed E-state index contributed by atoms with van der Waals surface area (Å²) >= 11 is 7.06. The van der Waals surface area contributed by atoms with Gasteiger partial charge in [-0.2, -0.15) is 0 Å². The van der Waals surface area contributed by atoms with Gasteiger partial charge in [0, 0.05) is 10.7 Å². The zero-order chi connectivity index (χ0) is 26.5. The first-order valence-corrected chi connectivity index (χ1v) is 18.8. The van der Waals surface area contributed by atoms with Gasteiger partial charge >= 0.3 is 0 Å². The van der Waals surface area contributed by atoms with Crippen molar-refractivity contribution in [3.63, 3.8) is 0 Å². The normalized spacial score (nSPS) is 12.4. The minimum absolute atomic E-state index is 0.702. The smallest absolute Gasteiger partial charge is 0.247 e. The van der Waals surface area contributed by atoms with Crippen molar-refractivity contribution < 1.29 is 4.98 Å². The predicted molar refractivity (Wildman–Crippen MR) is 172 cm³/mol. The van der Waals surface area contributed by atoms with E-state index < -0.39 is 0 Å². The lowest BCUT2D eigenvalue weighted by atomic mass is 9.93. The van der Waals surface area contributed by atoms with Crippen LogP contribution in [-0.2, 0) is 0 Å². The number of alkyl halides is 2. The van der Waals surface area contributed by atoms with Crippen LogP contribution in [0.15, 0.2) is 12.4 Å². The van der Waals surface area contributed by atoms with E-state index in [2.05, 4.69) is 54.2 Å². The molecule has 0 aliphatic heterocycles. The first-order valence-electron chi connectivity index (χ1n) is 16.6. The zero-order valence-corrected chi connectivity index (χ0v) is 27.7. The highest BCUT2D eigenvalue weighted by Gasteiger charge is 2.18. The molecule has 0 spiro atoms. The molecule has 1 heterocycles. The lowest BCUT2D eigenvalue weighted by Gasteiger charge is -2.12. The van der Waals surface area contributed by atoms with Crippen molar-refractivity contribution in [1.82, 2.24) is 4.98 Å². The molecule has 218 valence electrons. The number of unbranched alkanes of at least 4 members (excludes halogenated alkanes) is 23. The quantitative estimate of drug-likeness (QED) is 0.0636. The number of aromatic nitrogens is 2. The maximum Gasteiger partial charge on any atom is 0.255 e. The Morgan fingerprint density at radius 1 is 0.459 bits per heavy atom. The average Bonchev–Trinajstić information content (AvgIpc) is 3.45. The number of rotatable bonds is 30. The third kappa shape index (κ3) is 23.7. The van der Waals surface area contributed by atoms with Gasteiger partial charge in [0.25, 0.3) is 5.82 Å². The van der Waals surface area contributed by atoms with Gasteiger partial charge < -0.3 is 0 Å². The van der Waals surface area contributed by atoms with Gasteiger partial charge in [0.1, 0.15) is 12.4 Å². The van der Waals surface area contributed by atoms with E-state index in [1.165, 1.54) is 190 Å². The van der Waals surface area contributed by atoms with Crippen LogP contribution in [0.25, 0.3) is 0 Å². The van der Waals surface area contributed by atoms with Gasteiger partial charge in [-0.15, -0.1) is 0 Å². The van der Waals surface area contributed by atoms with E-state index in [9.17, 15) is 0 Å². The zero-order valence-electron chi connectivity index (χ0n) is 24.5. The summed E-state index contributed by atoms with van der Waals surface area (Å²) in [6.45, 7) is 0. The number of hydrogen-bond acceptors (Lipinski definition) is 0. The molecule has 1 unspecified atom stereocenters. The second-order valence-corrected chi connectivity index (χ2v) is 13.1. The number of H-pyrrole nitrogens is 2. The molecule has 0 aliphatic carbocycles. The molecule has 2 nitrogen and oxygen atoms in total. The standard InChI is InChI=1S/C33H62Br2N2/c34-28-24-20-16-12-9-7-5-3-1-2-4-6-8-10-14-18-22-26-32(33-36-30-31-37-33)27-23-19-15-11-13-17-21-25-29-35/h30-32H,1-29H2,(H,36,37)/p+1. The molecule has 0 bridgehead atoms. The molecular formula is C33H63Br2N2+. The summed E-state index contributed by atoms with van der Waals surface area (Å²) in [7, 11) is 0. The maximum absolute atomic E-state index is 3.53. The largest absolute Gasteiger partial charge is 0.255 e. The van der Waals surface area contributed by atoms with Gasteiger partial charge in [0.2, 0.25) is 0 Å². The van der Waals surface area contributed by atoms with Crippen LogP contribution < -0.4 is 4.98 Å². The Labute approximate surface area is 249 Å². The molecule has 2 N–H and O–H groups in total. The number of nitrogens with one attached hydrogen (secondary N) is 2. The highest BCUT2D eigenvalue weighted by Crippen LogP contribution is 2.25. The van der Waals surface area contributed by atoms with Crippen molar-refractivity contribution in [2.75, 3.05) is 10.7 Å². The molecule has 4 heteroatoms. The summed E-state index contributed by atoms with van der Waals surface area (Å²) in [5.74, 6) is 2.06. The fraction of sp³-hybridized carbons (Fsp3) is 0.909. The van der Waals surface area contributed by atoms with E-state index >= 15 is 0 Å². The first kappa shape index (κ1) is 35.2. The molecule has 1 atom stereocenters. The Morgan fingerprint density at radius 2 is 0.757 bits per heavy atom. The monoisotopic (exact) mass is 645 g/mol. The van der Waals surface area contributed by atoms with Crippen LogP contribution in [-0.4, -0.2) is 15.6 Å². The molecule has 0 aliphatic rings. The SMILES string of the molecule is BrCCCCCCCCCCCCCCCCCCCC(CCCCCCCCCCBr)c1[nH]cc[nH+]1. The Morgan fingerprint density at radius 3 is 1.03 bits per heavy atom. The van der Waals surface area contributed by atoms with Gasteiger partial charge in [-0.05, 0) is 25.7 Å². The van der Waals surface area contributed by atoms with E-state index in [1.807, 2.05) is 0 Å². The maximum atomic E-state index is 3.53. The van der Waals surface area contributed by atoms with Crippen molar-refractivity contribution in [2.24, 2.45) is 0 Å². The number of imidazole rings is 1. The first-order chi connectivity index (χ1) is 18.4. The molecule has 0 aromatic carbocycles. The Kier molecular flexibility index (Phi) is 27.7. The van der Waals surface area contributed by atoms with Gasteiger partial charge in [-0.1, -0.05) is 180 Å². The highest BCUT2D eigenvalue weighted by molar-refractivity contribution is 9.09. The fourth-order valence-corrected chi connectivity index (χ4v) is 6.45. The summed E-state index contributed by atoms with van der Waals surface area (Å²) in [5, 5.41) is 2.35. The van der Waals surface area contributed by atoms with Crippen molar-refractivity contribution >= 4 is 31.9 Å². The van der Waals surface area contributed by atoms with Crippen LogP contribution in [0.2, 0.25) is 0 Å². The van der Waals surface area contributed by atoms with Crippen LogP contribution in [0, 0.1) is 0 Å². The molecule has 1 rings (SSSR count). The summed E-state index contributed by atoms with van der Waals surface area (Å²) in [6, 6.07) is 0. The predicted octanol–water partition coefficient (Wildman–Crippen LogP) is 12.2. The van der Waals surface area contributed by atoms with Crippen molar-refractivity contribution in [3.8, 4) is 0 Å². The topological polar surface area (TPSA) is 29.9 Å². The third-order valence-electron chi connectivity index (χ3n) is 8.09. The number of halogens is 2. The molecule has 37 heavy (non-hydrogen) atoms. The van der Waals surface area contributed by atoms with Gasteiger partial charge in [-0.3, -0.25) is 0 Å². The lowest BCUT2D eigenvalue weighted by Crippen LogP contribution is -2.12. The van der Waals surface area contributed by atoms with Gasteiger partial charge in [-0.25, -0.2) is 9.97 Å². The Hall–Kier alpha value is 0.170. The highest BCUT2D eigenvalue weighted by atomic mass is 79.9. The van der Waals surface area contributed by atoms with Crippen molar-refractivity contribution in [1.29, 1.82) is 0 Å². The lowest BCUT2D eigenvalue weighted by molar-refractivity contribution is -0.391. The Balaban J connectivity index is 1.90. The fourth-order valence-electron chi connectivity index (χ4n) is 5.66. The number of aromatic amines is 2. The molecule has 0 fully saturated rings. The van der Waals surface area contributed by atoms with Crippen molar-refractivity contribution in [2.45, 2.75) is 179 Å². The summed E-state index contributed by atoms with van der Waals surface area (Å²) in [5.41, 5.74) is 0. The summed E-state index contributed by atoms with van der Waals surface area (Å²) in [4.78, 5) is 6.93. The van der Waals surface area contributed by atoms with Crippen LogP contribution in [0.3, 0.4) is 0 Å². The second-order valence-electron chi connectivity index (χ2n) is 11.5. The van der Waals surface area contributed by atoms with Crippen LogP contribution in [0.1, 0.15) is 185 Å². The third-order valence-corrected chi connectivity index (χ3v) is 9.21.